The minimum Gasteiger partial charge on any atom is -0.493 e. The minimum absolute atomic E-state index is 0.0983. The molecule has 0 saturated carbocycles. The van der Waals surface area contributed by atoms with Crippen LogP contribution < -0.4 is 10.1 Å². The number of hydrogen-bond donors (Lipinski definition) is 1. The molecule has 1 atom stereocenters. The molecule has 1 aliphatic rings. The van der Waals surface area contributed by atoms with Gasteiger partial charge in [-0.1, -0.05) is 41.9 Å². The van der Waals surface area contributed by atoms with E-state index in [9.17, 15) is 0 Å². The highest BCUT2D eigenvalue weighted by Crippen LogP contribution is 2.36. The fraction of sp³-hybridized carbons (Fsp3) is 0.294. The van der Waals surface area contributed by atoms with E-state index in [0.29, 0.717) is 0 Å². The summed E-state index contributed by atoms with van der Waals surface area (Å²) in [5.41, 5.74) is 4.73. The molecule has 1 aliphatic heterocycles. The highest BCUT2D eigenvalue weighted by atomic mass is 35.5. The van der Waals surface area contributed by atoms with Crippen molar-refractivity contribution in [1.29, 1.82) is 0 Å². The highest BCUT2D eigenvalue weighted by molar-refractivity contribution is 6.31. The van der Waals surface area contributed by atoms with Crippen molar-refractivity contribution in [3.05, 3.63) is 63.7 Å². The van der Waals surface area contributed by atoms with Gasteiger partial charge < -0.3 is 10.1 Å². The number of para-hydroxylation sites is 1. The fourth-order valence-electron chi connectivity index (χ4n) is 2.76. The summed E-state index contributed by atoms with van der Waals surface area (Å²) in [4.78, 5) is 0. The van der Waals surface area contributed by atoms with Gasteiger partial charge in [-0.05, 0) is 36.7 Å². The van der Waals surface area contributed by atoms with E-state index in [1.54, 1.807) is 0 Å². The second kappa shape index (κ2) is 5.47. The van der Waals surface area contributed by atoms with Crippen LogP contribution in [0.2, 0.25) is 5.02 Å². The topological polar surface area (TPSA) is 21.3 Å². The summed E-state index contributed by atoms with van der Waals surface area (Å²) in [5.74, 6) is 1.03. The number of rotatable bonds is 3. The molecule has 2 aromatic carbocycles. The SMILES string of the molecule is CNC(c1ccc(C)c(Cl)c1)c1cccc2c1OCC2. The van der Waals surface area contributed by atoms with Gasteiger partial charge in [0, 0.05) is 17.0 Å². The Morgan fingerprint density at radius 2 is 2.10 bits per heavy atom. The molecule has 0 aliphatic carbocycles. The summed E-state index contributed by atoms with van der Waals surface area (Å²) in [7, 11) is 1.97. The zero-order chi connectivity index (χ0) is 14.1. The zero-order valence-corrected chi connectivity index (χ0v) is 12.5. The Bertz CT molecular complexity index is 639. The molecule has 1 unspecified atom stereocenters. The van der Waals surface area contributed by atoms with Crippen molar-refractivity contribution in [3.8, 4) is 5.75 Å². The number of benzene rings is 2. The molecule has 3 heteroatoms. The van der Waals surface area contributed by atoms with Gasteiger partial charge in [0.1, 0.15) is 5.75 Å². The molecule has 0 bridgehead atoms. The Labute approximate surface area is 124 Å². The zero-order valence-electron chi connectivity index (χ0n) is 11.7. The average Bonchev–Trinajstić information content (AvgIpc) is 2.93. The van der Waals surface area contributed by atoms with Crippen LogP contribution in [-0.2, 0) is 6.42 Å². The highest BCUT2D eigenvalue weighted by Gasteiger charge is 2.22. The van der Waals surface area contributed by atoms with E-state index in [1.165, 1.54) is 11.1 Å². The number of hydrogen-bond acceptors (Lipinski definition) is 2. The molecule has 2 aromatic rings. The molecule has 2 nitrogen and oxygen atoms in total. The van der Waals surface area contributed by atoms with Crippen molar-refractivity contribution in [2.24, 2.45) is 0 Å². The van der Waals surface area contributed by atoms with Crippen LogP contribution in [0.1, 0.15) is 28.3 Å². The molecule has 0 spiro atoms. The predicted octanol–water partition coefficient (Wildman–Crippen LogP) is 3.89. The first kappa shape index (κ1) is 13.5. The Morgan fingerprint density at radius 1 is 1.25 bits per heavy atom. The molecular weight excluding hydrogens is 270 g/mol. The van der Waals surface area contributed by atoms with Gasteiger partial charge in [-0.2, -0.15) is 0 Å². The molecule has 1 N–H and O–H groups in total. The largest absolute Gasteiger partial charge is 0.493 e. The van der Waals surface area contributed by atoms with Gasteiger partial charge in [0.05, 0.1) is 12.6 Å². The van der Waals surface area contributed by atoms with Gasteiger partial charge in [0.25, 0.3) is 0 Å². The number of halogens is 1. The first-order chi connectivity index (χ1) is 9.70. The van der Waals surface area contributed by atoms with Crippen LogP contribution >= 0.6 is 11.6 Å². The standard InChI is InChI=1S/C17H18ClNO/c1-11-6-7-13(10-15(11)18)16(19-2)14-5-3-4-12-8-9-20-17(12)14/h3-7,10,16,19H,8-9H2,1-2H3. The third-order valence-electron chi connectivity index (χ3n) is 3.87. The number of aryl methyl sites for hydroxylation is 1. The van der Waals surface area contributed by atoms with Crippen LogP contribution in [0.5, 0.6) is 5.75 Å². The lowest BCUT2D eigenvalue weighted by Gasteiger charge is -2.20. The van der Waals surface area contributed by atoms with E-state index in [2.05, 4.69) is 35.6 Å². The summed E-state index contributed by atoms with van der Waals surface area (Å²) < 4.78 is 5.81. The van der Waals surface area contributed by atoms with Gasteiger partial charge in [0.15, 0.2) is 0 Å². The van der Waals surface area contributed by atoms with E-state index in [1.807, 2.05) is 20.0 Å². The van der Waals surface area contributed by atoms with Crippen molar-refractivity contribution in [1.82, 2.24) is 5.32 Å². The summed E-state index contributed by atoms with van der Waals surface area (Å²) in [6.45, 7) is 2.79. The maximum atomic E-state index is 6.26. The second-order valence-corrected chi connectivity index (χ2v) is 5.57. The normalized spacial score (nSPS) is 14.8. The smallest absolute Gasteiger partial charge is 0.127 e. The Hall–Kier alpha value is -1.51. The van der Waals surface area contributed by atoms with Crippen LogP contribution in [0.15, 0.2) is 36.4 Å². The molecule has 0 amide bonds. The van der Waals surface area contributed by atoms with Crippen molar-refractivity contribution in [2.75, 3.05) is 13.7 Å². The van der Waals surface area contributed by atoms with Gasteiger partial charge in [-0.15, -0.1) is 0 Å². The molecule has 1 heterocycles. The third-order valence-corrected chi connectivity index (χ3v) is 4.28. The van der Waals surface area contributed by atoms with Crippen LogP contribution in [0.4, 0.5) is 0 Å². The maximum absolute atomic E-state index is 6.26. The van der Waals surface area contributed by atoms with Crippen LogP contribution in [0.25, 0.3) is 0 Å². The van der Waals surface area contributed by atoms with Crippen molar-refractivity contribution in [3.63, 3.8) is 0 Å². The fourth-order valence-corrected chi connectivity index (χ4v) is 2.95. The molecule has 0 saturated heterocycles. The van der Waals surface area contributed by atoms with E-state index >= 15 is 0 Å². The van der Waals surface area contributed by atoms with E-state index in [0.717, 1.165) is 34.9 Å². The van der Waals surface area contributed by atoms with Gasteiger partial charge in [-0.3, -0.25) is 0 Å². The molecule has 0 aromatic heterocycles. The Morgan fingerprint density at radius 3 is 2.85 bits per heavy atom. The van der Waals surface area contributed by atoms with Crippen molar-refractivity contribution in [2.45, 2.75) is 19.4 Å². The average molecular weight is 288 g/mol. The lowest BCUT2D eigenvalue weighted by atomic mass is 9.95. The number of ether oxygens (including phenoxy) is 1. The maximum Gasteiger partial charge on any atom is 0.127 e. The molecule has 0 fully saturated rings. The summed E-state index contributed by atoms with van der Waals surface area (Å²) in [5, 5.41) is 4.17. The van der Waals surface area contributed by atoms with E-state index in [4.69, 9.17) is 16.3 Å². The van der Waals surface area contributed by atoms with E-state index < -0.39 is 0 Å². The van der Waals surface area contributed by atoms with Gasteiger partial charge in [-0.25, -0.2) is 0 Å². The Balaban J connectivity index is 2.06. The molecule has 104 valence electrons. The molecule has 3 rings (SSSR count). The lowest BCUT2D eigenvalue weighted by Crippen LogP contribution is -2.18. The Kier molecular flexibility index (Phi) is 3.68. The third kappa shape index (κ3) is 2.30. The minimum atomic E-state index is 0.0983. The van der Waals surface area contributed by atoms with E-state index in [-0.39, 0.29) is 6.04 Å². The summed E-state index contributed by atoms with van der Waals surface area (Å²) in [6, 6.07) is 12.7. The first-order valence-electron chi connectivity index (χ1n) is 6.88. The number of nitrogens with one attached hydrogen (secondary N) is 1. The summed E-state index contributed by atoms with van der Waals surface area (Å²) in [6.07, 6.45) is 0.994. The van der Waals surface area contributed by atoms with Crippen molar-refractivity contribution >= 4 is 11.6 Å². The lowest BCUT2D eigenvalue weighted by molar-refractivity contribution is 0.351. The number of fused-ring (bicyclic) bond motifs is 1. The molecule has 0 radical (unpaired) electrons. The van der Waals surface area contributed by atoms with Crippen LogP contribution in [0.3, 0.4) is 0 Å². The predicted molar refractivity (Wildman–Crippen MR) is 82.7 cm³/mol. The molecular formula is C17H18ClNO. The molecule has 20 heavy (non-hydrogen) atoms. The van der Waals surface area contributed by atoms with Gasteiger partial charge >= 0.3 is 0 Å². The second-order valence-electron chi connectivity index (χ2n) is 5.16. The monoisotopic (exact) mass is 287 g/mol. The van der Waals surface area contributed by atoms with Crippen LogP contribution in [-0.4, -0.2) is 13.7 Å². The van der Waals surface area contributed by atoms with Crippen molar-refractivity contribution < 1.29 is 4.74 Å². The summed E-state index contributed by atoms with van der Waals surface area (Å²) >= 11 is 6.26. The first-order valence-corrected chi connectivity index (χ1v) is 7.26. The van der Waals surface area contributed by atoms with Gasteiger partial charge in [0.2, 0.25) is 0 Å². The quantitative estimate of drug-likeness (QED) is 0.925. The van der Waals surface area contributed by atoms with Crippen LogP contribution in [0, 0.1) is 6.92 Å².